The fourth-order valence-electron chi connectivity index (χ4n) is 3.91. The van der Waals surface area contributed by atoms with Crippen LogP contribution >= 0.6 is 0 Å². The summed E-state index contributed by atoms with van der Waals surface area (Å²) in [5.41, 5.74) is 1.15. The fourth-order valence-corrected chi connectivity index (χ4v) is 3.91. The van der Waals surface area contributed by atoms with Gasteiger partial charge in [-0.3, -0.25) is 0 Å². The van der Waals surface area contributed by atoms with Crippen molar-refractivity contribution >= 4 is 0 Å². The molecule has 0 bridgehead atoms. The molecule has 3 atom stereocenters. The number of nitrogens with zero attached hydrogens (tertiary/aromatic N) is 1. The van der Waals surface area contributed by atoms with Gasteiger partial charge >= 0.3 is 0 Å². The van der Waals surface area contributed by atoms with Gasteiger partial charge < -0.3 is 19.5 Å². The van der Waals surface area contributed by atoms with E-state index >= 15 is 0 Å². The number of aliphatic hydroxyl groups is 1. The third-order valence-corrected chi connectivity index (χ3v) is 5.14. The van der Waals surface area contributed by atoms with E-state index in [9.17, 15) is 5.11 Å². The van der Waals surface area contributed by atoms with Gasteiger partial charge in [0.05, 0.1) is 13.2 Å². The van der Waals surface area contributed by atoms with Crippen LogP contribution in [0.3, 0.4) is 0 Å². The van der Waals surface area contributed by atoms with Crippen molar-refractivity contribution in [3.8, 4) is 11.5 Å². The summed E-state index contributed by atoms with van der Waals surface area (Å²) in [5.74, 6) is 1.47. The van der Waals surface area contributed by atoms with Crippen LogP contribution in [0.25, 0.3) is 0 Å². The van der Waals surface area contributed by atoms with Gasteiger partial charge in [0, 0.05) is 11.5 Å². The fraction of sp³-hybridized carbons (Fsp3) is 0.474. The Hall–Kier alpha value is -1.78. The first-order valence-electron chi connectivity index (χ1n) is 8.10. The van der Waals surface area contributed by atoms with E-state index in [4.69, 9.17) is 9.47 Å². The second kappa shape index (κ2) is 6.38. The van der Waals surface area contributed by atoms with Crippen LogP contribution in [0, 0.1) is 0 Å². The molecule has 1 saturated heterocycles. The average Bonchev–Trinajstić information content (AvgIpc) is 2.90. The van der Waals surface area contributed by atoms with Crippen molar-refractivity contribution < 1.29 is 14.6 Å². The molecule has 0 spiro atoms. The molecule has 2 aliphatic rings. The van der Waals surface area contributed by atoms with E-state index in [1.165, 1.54) is 5.56 Å². The second-order valence-electron chi connectivity index (χ2n) is 6.41. The Labute approximate surface area is 138 Å². The minimum Gasteiger partial charge on any atom is -0.493 e. The van der Waals surface area contributed by atoms with Crippen molar-refractivity contribution in [2.24, 2.45) is 0 Å². The molecule has 3 rings (SSSR count). The third kappa shape index (κ3) is 2.77. The Bertz CT molecular complexity index is 613. The molecular weight excluding hydrogens is 290 g/mol. The monoisotopic (exact) mass is 315 g/mol. The number of hydrogen-bond donors (Lipinski definition) is 1. The van der Waals surface area contributed by atoms with Crippen LogP contribution in [0.4, 0.5) is 0 Å². The first kappa shape index (κ1) is 16.1. The lowest BCUT2D eigenvalue weighted by atomic mass is 9.69. The van der Waals surface area contributed by atoms with E-state index in [0.717, 1.165) is 30.9 Å². The summed E-state index contributed by atoms with van der Waals surface area (Å²) in [4.78, 5) is 2.35. The molecule has 23 heavy (non-hydrogen) atoms. The lowest BCUT2D eigenvalue weighted by Gasteiger charge is -2.39. The topological polar surface area (TPSA) is 41.9 Å². The maximum absolute atomic E-state index is 10.0. The highest BCUT2D eigenvalue weighted by atomic mass is 16.5. The summed E-state index contributed by atoms with van der Waals surface area (Å²) in [6, 6.07) is 6.48. The van der Waals surface area contributed by atoms with Gasteiger partial charge in [-0.15, -0.1) is 0 Å². The molecule has 4 nitrogen and oxygen atoms in total. The van der Waals surface area contributed by atoms with Gasteiger partial charge in [0.2, 0.25) is 0 Å². The van der Waals surface area contributed by atoms with E-state index in [-0.39, 0.29) is 11.5 Å². The van der Waals surface area contributed by atoms with Crippen molar-refractivity contribution in [2.45, 2.75) is 30.4 Å². The Balaban J connectivity index is 2.02. The molecule has 0 saturated carbocycles. The van der Waals surface area contributed by atoms with E-state index in [2.05, 4.69) is 36.7 Å². The maximum atomic E-state index is 10.0. The Morgan fingerprint density at radius 1 is 1.43 bits per heavy atom. The van der Waals surface area contributed by atoms with E-state index in [1.54, 1.807) is 13.2 Å². The number of ether oxygens (including phenoxy) is 2. The van der Waals surface area contributed by atoms with Crippen LogP contribution in [0.5, 0.6) is 11.5 Å². The van der Waals surface area contributed by atoms with Crippen LogP contribution in [-0.4, -0.2) is 49.5 Å². The van der Waals surface area contributed by atoms with Crippen molar-refractivity contribution in [3.05, 3.63) is 48.6 Å². The number of aliphatic hydroxyl groups excluding tert-OH is 1. The third-order valence-electron chi connectivity index (χ3n) is 5.14. The number of rotatable bonds is 5. The zero-order chi connectivity index (χ0) is 16.4. The minimum absolute atomic E-state index is 0.0630. The van der Waals surface area contributed by atoms with Gasteiger partial charge in [-0.1, -0.05) is 30.9 Å². The number of methoxy groups -OCH3 is 1. The number of likely N-dealkylation sites (N-methyl/N-ethyl adjacent to an activating group) is 1. The lowest BCUT2D eigenvalue weighted by molar-refractivity contribution is 0.137. The first-order chi connectivity index (χ1) is 11.1. The molecule has 1 aromatic carbocycles. The minimum atomic E-state index is -0.358. The van der Waals surface area contributed by atoms with Gasteiger partial charge in [-0.25, -0.2) is 0 Å². The van der Waals surface area contributed by atoms with Crippen molar-refractivity contribution in [1.29, 1.82) is 0 Å². The molecule has 4 heteroatoms. The summed E-state index contributed by atoms with van der Waals surface area (Å²) in [7, 11) is 3.79. The Morgan fingerprint density at radius 2 is 2.26 bits per heavy atom. The zero-order valence-corrected chi connectivity index (χ0v) is 13.9. The standard InChI is InChI=1S/C19H25NO3/c1-4-11-23-17-12-14(5-6-16(17)22-3)19-8-7-15(21)13-18(19)20(2)10-9-19/h4-8,12,15,18,21H,1,9-11,13H2,2-3H3/t15-,18+,19+/m1/s1. The maximum Gasteiger partial charge on any atom is 0.161 e. The molecule has 1 aliphatic heterocycles. The van der Waals surface area contributed by atoms with Gasteiger partial charge in [0.15, 0.2) is 11.5 Å². The molecule has 0 amide bonds. The number of hydrogen-bond acceptors (Lipinski definition) is 4. The number of benzene rings is 1. The quantitative estimate of drug-likeness (QED) is 0.848. The summed E-state index contributed by atoms with van der Waals surface area (Å²) in [6.45, 7) is 5.18. The molecule has 0 aromatic heterocycles. The Kier molecular flexibility index (Phi) is 4.46. The summed E-state index contributed by atoms with van der Waals surface area (Å²) in [5, 5.41) is 10.0. The molecule has 124 valence electrons. The highest BCUT2D eigenvalue weighted by molar-refractivity contribution is 5.48. The molecule has 1 fully saturated rings. The molecule has 1 aromatic rings. The average molecular weight is 315 g/mol. The molecular formula is C19H25NO3. The predicted octanol–water partition coefficient (Wildman–Crippen LogP) is 2.52. The number of fused-ring (bicyclic) bond motifs is 1. The number of likely N-dealkylation sites (tertiary alicyclic amines) is 1. The SMILES string of the molecule is C=CCOc1cc([C@@]23C=C[C@@H](O)C[C@@H]2N(C)CC3)ccc1OC. The van der Waals surface area contributed by atoms with E-state index in [0.29, 0.717) is 12.6 Å². The Morgan fingerprint density at radius 3 is 3.00 bits per heavy atom. The smallest absolute Gasteiger partial charge is 0.161 e. The second-order valence-corrected chi connectivity index (χ2v) is 6.41. The van der Waals surface area contributed by atoms with Gasteiger partial charge in [0.1, 0.15) is 6.61 Å². The summed E-state index contributed by atoms with van der Waals surface area (Å²) < 4.78 is 11.2. The van der Waals surface area contributed by atoms with Crippen LogP contribution in [0.2, 0.25) is 0 Å². The van der Waals surface area contributed by atoms with Crippen molar-refractivity contribution in [2.75, 3.05) is 27.3 Å². The van der Waals surface area contributed by atoms with Crippen molar-refractivity contribution in [3.63, 3.8) is 0 Å². The summed E-state index contributed by atoms with van der Waals surface area (Å²) >= 11 is 0. The molecule has 0 radical (unpaired) electrons. The predicted molar refractivity (Wildman–Crippen MR) is 91.2 cm³/mol. The van der Waals surface area contributed by atoms with Crippen LogP contribution < -0.4 is 9.47 Å². The molecule has 0 unspecified atom stereocenters. The first-order valence-corrected chi connectivity index (χ1v) is 8.10. The highest BCUT2D eigenvalue weighted by Crippen LogP contribution is 2.47. The van der Waals surface area contributed by atoms with Crippen LogP contribution in [0.1, 0.15) is 18.4 Å². The van der Waals surface area contributed by atoms with Crippen LogP contribution in [0.15, 0.2) is 43.0 Å². The van der Waals surface area contributed by atoms with Gasteiger partial charge in [-0.2, -0.15) is 0 Å². The lowest BCUT2D eigenvalue weighted by Crippen LogP contribution is -2.44. The largest absolute Gasteiger partial charge is 0.493 e. The van der Waals surface area contributed by atoms with Gasteiger partial charge in [-0.05, 0) is 44.1 Å². The molecule has 1 aliphatic carbocycles. The molecule has 1 heterocycles. The highest BCUT2D eigenvalue weighted by Gasteiger charge is 2.48. The van der Waals surface area contributed by atoms with Crippen molar-refractivity contribution in [1.82, 2.24) is 4.90 Å². The van der Waals surface area contributed by atoms with Crippen LogP contribution in [-0.2, 0) is 5.41 Å². The van der Waals surface area contributed by atoms with E-state index < -0.39 is 0 Å². The molecule has 1 N–H and O–H groups in total. The normalized spacial score (nSPS) is 30.0. The summed E-state index contributed by atoms with van der Waals surface area (Å²) in [6.07, 6.45) is 7.31. The van der Waals surface area contributed by atoms with Gasteiger partial charge in [0.25, 0.3) is 0 Å². The van der Waals surface area contributed by atoms with E-state index in [1.807, 2.05) is 12.1 Å². The zero-order valence-electron chi connectivity index (χ0n) is 13.9.